The van der Waals surface area contributed by atoms with Gasteiger partial charge < -0.3 is 10.0 Å². The van der Waals surface area contributed by atoms with Crippen molar-refractivity contribution in [1.29, 1.82) is 0 Å². The van der Waals surface area contributed by atoms with Gasteiger partial charge in [0.1, 0.15) is 5.25 Å². The summed E-state index contributed by atoms with van der Waals surface area (Å²) in [6.07, 6.45) is 0.716. The van der Waals surface area contributed by atoms with E-state index in [0.717, 1.165) is 24.1 Å². The van der Waals surface area contributed by atoms with E-state index < -0.39 is 32.9 Å². The first-order chi connectivity index (χ1) is 10.2. The molecule has 1 aromatic carbocycles. The van der Waals surface area contributed by atoms with Gasteiger partial charge in [0.25, 0.3) is 0 Å². The first kappa shape index (κ1) is 17.0. The number of para-hydroxylation sites is 1. The van der Waals surface area contributed by atoms with E-state index in [4.69, 9.17) is 0 Å². The monoisotopic (exact) mass is 325 g/mol. The largest absolute Gasteiger partial charge is 0.392 e. The minimum Gasteiger partial charge on any atom is -0.392 e. The highest BCUT2D eigenvalue weighted by atomic mass is 32.2. The molecule has 6 heteroatoms. The third-order valence-corrected chi connectivity index (χ3v) is 6.35. The molecule has 1 aliphatic heterocycles. The van der Waals surface area contributed by atoms with Crippen LogP contribution in [-0.4, -0.2) is 42.6 Å². The fraction of sp³-hybridized carbons (Fsp3) is 0.562. The van der Waals surface area contributed by atoms with Crippen LogP contribution in [0.15, 0.2) is 24.3 Å². The summed E-state index contributed by atoms with van der Waals surface area (Å²) in [5, 5.41) is 8.18. The molecular formula is C16H23NO4S. The molecule has 0 aliphatic carbocycles. The van der Waals surface area contributed by atoms with Crippen molar-refractivity contribution in [2.24, 2.45) is 0 Å². The summed E-state index contributed by atoms with van der Waals surface area (Å²) in [4.78, 5) is 14.4. The molecule has 0 saturated carbocycles. The van der Waals surface area contributed by atoms with Gasteiger partial charge in [-0.15, -0.1) is 0 Å². The minimum absolute atomic E-state index is 0.0356. The average Bonchev–Trinajstić information content (AvgIpc) is 2.44. The molecule has 1 heterocycles. The summed E-state index contributed by atoms with van der Waals surface area (Å²) in [6, 6.07) is 7.57. The summed E-state index contributed by atoms with van der Waals surface area (Å²) < 4.78 is 24.5. The number of aliphatic hydroxyl groups is 1. The first-order valence-electron chi connectivity index (χ1n) is 7.54. The lowest BCUT2D eigenvalue weighted by Gasteiger charge is -2.36. The third-order valence-electron chi connectivity index (χ3n) is 4.12. The van der Waals surface area contributed by atoms with Crippen molar-refractivity contribution >= 4 is 21.4 Å². The fourth-order valence-electron chi connectivity index (χ4n) is 2.85. The van der Waals surface area contributed by atoms with Crippen LogP contribution in [0.2, 0.25) is 0 Å². The number of sulfone groups is 1. The number of benzene rings is 1. The number of carbonyl (C=O) groups is 1. The Morgan fingerprint density at radius 2 is 2.00 bits per heavy atom. The second-order valence-electron chi connectivity index (χ2n) is 6.05. The van der Waals surface area contributed by atoms with Gasteiger partial charge in [-0.25, -0.2) is 8.42 Å². The number of rotatable bonds is 4. The lowest BCUT2D eigenvalue weighted by atomic mass is 9.96. The van der Waals surface area contributed by atoms with Crippen LogP contribution in [0.4, 0.5) is 5.69 Å². The SMILES string of the molecule is CC(O)CS(=O)(=O)C(C)C(=O)N1c2ccccc2CCC1C. The maximum atomic E-state index is 12.8. The summed E-state index contributed by atoms with van der Waals surface area (Å²) >= 11 is 0. The molecule has 1 amide bonds. The Labute approximate surface area is 131 Å². The van der Waals surface area contributed by atoms with Crippen molar-refractivity contribution in [1.82, 2.24) is 0 Å². The highest BCUT2D eigenvalue weighted by molar-refractivity contribution is 7.92. The van der Waals surface area contributed by atoms with Gasteiger partial charge in [0.15, 0.2) is 9.84 Å². The van der Waals surface area contributed by atoms with Crippen LogP contribution >= 0.6 is 0 Å². The molecule has 22 heavy (non-hydrogen) atoms. The molecule has 0 radical (unpaired) electrons. The number of hydrogen-bond acceptors (Lipinski definition) is 4. The predicted molar refractivity (Wildman–Crippen MR) is 86.6 cm³/mol. The molecule has 1 aliphatic rings. The molecule has 2 rings (SSSR count). The Morgan fingerprint density at radius 1 is 1.36 bits per heavy atom. The van der Waals surface area contributed by atoms with Gasteiger partial charge in [-0.1, -0.05) is 18.2 Å². The molecule has 1 N–H and O–H groups in total. The number of fused-ring (bicyclic) bond motifs is 1. The quantitative estimate of drug-likeness (QED) is 0.911. The second-order valence-corrected chi connectivity index (χ2v) is 8.41. The van der Waals surface area contributed by atoms with Gasteiger partial charge in [0, 0.05) is 11.7 Å². The van der Waals surface area contributed by atoms with Crippen molar-refractivity contribution < 1.29 is 18.3 Å². The van der Waals surface area contributed by atoms with E-state index in [2.05, 4.69) is 0 Å². The molecule has 3 unspecified atom stereocenters. The van der Waals surface area contributed by atoms with E-state index in [9.17, 15) is 18.3 Å². The van der Waals surface area contributed by atoms with Crippen LogP contribution in [0.5, 0.6) is 0 Å². The molecule has 0 bridgehead atoms. The third kappa shape index (κ3) is 3.33. The normalized spacial score (nSPS) is 21.1. The van der Waals surface area contributed by atoms with E-state index in [1.54, 1.807) is 4.90 Å². The summed E-state index contributed by atoms with van der Waals surface area (Å²) in [7, 11) is -3.68. The van der Waals surface area contributed by atoms with Gasteiger partial charge in [0.2, 0.25) is 5.91 Å². The highest BCUT2D eigenvalue weighted by Crippen LogP contribution is 2.31. The van der Waals surface area contributed by atoms with Crippen molar-refractivity contribution in [3.63, 3.8) is 0 Å². The predicted octanol–water partition coefficient (Wildman–Crippen LogP) is 1.54. The zero-order chi connectivity index (χ0) is 16.5. The van der Waals surface area contributed by atoms with E-state index in [0.29, 0.717) is 0 Å². The maximum Gasteiger partial charge on any atom is 0.245 e. The molecule has 0 aromatic heterocycles. The molecule has 0 spiro atoms. The van der Waals surface area contributed by atoms with Gasteiger partial charge >= 0.3 is 0 Å². The van der Waals surface area contributed by atoms with Crippen LogP contribution < -0.4 is 4.90 Å². The van der Waals surface area contributed by atoms with Crippen LogP contribution in [0.25, 0.3) is 0 Å². The van der Waals surface area contributed by atoms with Crippen molar-refractivity contribution in [2.45, 2.75) is 51.0 Å². The number of amides is 1. The van der Waals surface area contributed by atoms with Crippen LogP contribution in [-0.2, 0) is 21.1 Å². The number of nitrogens with zero attached hydrogens (tertiary/aromatic N) is 1. The lowest BCUT2D eigenvalue weighted by Crippen LogP contribution is -2.49. The summed E-state index contributed by atoms with van der Waals surface area (Å²) in [5.41, 5.74) is 1.86. The highest BCUT2D eigenvalue weighted by Gasteiger charge is 2.36. The van der Waals surface area contributed by atoms with E-state index >= 15 is 0 Å². The Balaban J connectivity index is 2.33. The second kappa shape index (κ2) is 6.38. The van der Waals surface area contributed by atoms with Gasteiger partial charge in [-0.3, -0.25) is 4.79 Å². The molecular weight excluding hydrogens is 302 g/mol. The zero-order valence-corrected chi connectivity index (χ0v) is 14.0. The number of anilines is 1. The summed E-state index contributed by atoms with van der Waals surface area (Å²) in [5.74, 6) is -0.815. The molecule has 3 atom stereocenters. The smallest absolute Gasteiger partial charge is 0.245 e. The van der Waals surface area contributed by atoms with Crippen LogP contribution in [0, 0.1) is 0 Å². The van der Waals surface area contributed by atoms with Gasteiger partial charge in [-0.2, -0.15) is 0 Å². The number of aryl methyl sites for hydroxylation is 1. The number of aliphatic hydroxyl groups excluding tert-OH is 1. The van der Waals surface area contributed by atoms with Crippen molar-refractivity contribution in [3.05, 3.63) is 29.8 Å². The Morgan fingerprint density at radius 3 is 2.64 bits per heavy atom. The number of hydrogen-bond donors (Lipinski definition) is 1. The minimum atomic E-state index is -3.68. The zero-order valence-electron chi connectivity index (χ0n) is 13.2. The molecule has 1 aromatic rings. The molecule has 0 fully saturated rings. The van der Waals surface area contributed by atoms with Crippen LogP contribution in [0.3, 0.4) is 0 Å². The average molecular weight is 325 g/mol. The first-order valence-corrected chi connectivity index (χ1v) is 9.26. The van der Waals surface area contributed by atoms with Crippen molar-refractivity contribution in [3.8, 4) is 0 Å². The standard InChI is InChI=1S/C16H23NO4S/c1-11-8-9-14-6-4-5-7-15(14)17(11)16(19)13(3)22(20,21)10-12(2)18/h4-7,11-13,18H,8-10H2,1-3H3. The van der Waals surface area contributed by atoms with Crippen LogP contribution in [0.1, 0.15) is 32.8 Å². The molecule has 5 nitrogen and oxygen atoms in total. The molecule has 122 valence electrons. The topological polar surface area (TPSA) is 74.7 Å². The van der Waals surface area contributed by atoms with E-state index in [-0.39, 0.29) is 6.04 Å². The Kier molecular flexibility index (Phi) is 4.92. The maximum absolute atomic E-state index is 12.8. The fourth-order valence-corrected chi connectivity index (χ4v) is 4.24. The van der Waals surface area contributed by atoms with E-state index in [1.807, 2.05) is 31.2 Å². The van der Waals surface area contributed by atoms with Gasteiger partial charge in [-0.05, 0) is 45.2 Å². The Bertz CT molecular complexity index is 654. The summed E-state index contributed by atoms with van der Waals surface area (Å²) in [6.45, 7) is 4.75. The van der Waals surface area contributed by atoms with Crippen molar-refractivity contribution in [2.75, 3.05) is 10.7 Å². The lowest BCUT2D eigenvalue weighted by molar-refractivity contribution is -0.118. The molecule has 0 saturated heterocycles. The number of carbonyl (C=O) groups excluding carboxylic acids is 1. The van der Waals surface area contributed by atoms with Gasteiger partial charge in [0.05, 0.1) is 11.9 Å². The van der Waals surface area contributed by atoms with E-state index in [1.165, 1.54) is 13.8 Å². The Hall–Kier alpha value is -1.40.